The molecule has 0 spiro atoms. The highest BCUT2D eigenvalue weighted by Gasteiger charge is 2.22. The van der Waals surface area contributed by atoms with E-state index >= 15 is 0 Å². The molecule has 0 radical (unpaired) electrons. The summed E-state index contributed by atoms with van der Waals surface area (Å²) in [7, 11) is 1.54. The summed E-state index contributed by atoms with van der Waals surface area (Å²) in [6.45, 7) is 4.71. The van der Waals surface area contributed by atoms with Gasteiger partial charge in [0.15, 0.2) is 0 Å². The lowest BCUT2D eigenvalue weighted by Crippen LogP contribution is -2.47. The highest BCUT2D eigenvalue weighted by molar-refractivity contribution is 6.30. The third-order valence-electron chi connectivity index (χ3n) is 4.84. The SMILES string of the molecule is COc1nc(N2CCN(c3ccc(Cl)cc3)CC2)c2ccc(OC(C)=O)cc2n1. The number of halogens is 1. The van der Waals surface area contributed by atoms with Gasteiger partial charge in [-0.15, -0.1) is 0 Å². The first kappa shape index (κ1) is 19.3. The highest BCUT2D eigenvalue weighted by atomic mass is 35.5. The maximum atomic E-state index is 11.3. The van der Waals surface area contributed by atoms with Gasteiger partial charge in [-0.1, -0.05) is 11.6 Å². The Hall–Kier alpha value is -3.06. The van der Waals surface area contributed by atoms with E-state index in [1.165, 1.54) is 6.92 Å². The molecule has 1 aromatic heterocycles. The van der Waals surface area contributed by atoms with E-state index in [-0.39, 0.29) is 12.0 Å². The molecule has 1 fully saturated rings. The minimum atomic E-state index is -0.371. The normalized spacial score (nSPS) is 14.2. The van der Waals surface area contributed by atoms with E-state index in [0.29, 0.717) is 11.3 Å². The summed E-state index contributed by atoms with van der Waals surface area (Å²) in [5.41, 5.74) is 1.83. The maximum absolute atomic E-state index is 11.3. The van der Waals surface area contributed by atoms with Crippen LogP contribution in [-0.2, 0) is 4.79 Å². The van der Waals surface area contributed by atoms with Crippen LogP contribution in [0.4, 0.5) is 11.5 Å². The maximum Gasteiger partial charge on any atom is 0.318 e. The Morgan fingerprint density at radius 3 is 2.34 bits per heavy atom. The molecular weight excluding hydrogens is 392 g/mol. The van der Waals surface area contributed by atoms with Crippen molar-refractivity contribution in [3.05, 3.63) is 47.5 Å². The highest BCUT2D eigenvalue weighted by Crippen LogP contribution is 2.30. The molecule has 0 aliphatic carbocycles. The zero-order valence-electron chi connectivity index (χ0n) is 16.3. The number of ether oxygens (including phenoxy) is 2. The Morgan fingerprint density at radius 1 is 1.00 bits per heavy atom. The fourth-order valence-electron chi connectivity index (χ4n) is 3.46. The Labute approximate surface area is 173 Å². The summed E-state index contributed by atoms with van der Waals surface area (Å²) in [5, 5.41) is 1.63. The molecular formula is C21H21ClN4O3. The van der Waals surface area contributed by atoms with E-state index in [1.54, 1.807) is 19.2 Å². The van der Waals surface area contributed by atoms with Crippen LogP contribution in [-0.4, -0.2) is 49.2 Å². The van der Waals surface area contributed by atoms with Gasteiger partial charge in [0, 0.05) is 55.3 Å². The lowest BCUT2D eigenvalue weighted by Gasteiger charge is -2.37. The number of carbonyl (C=O) groups is 1. The van der Waals surface area contributed by atoms with Crippen molar-refractivity contribution < 1.29 is 14.3 Å². The number of fused-ring (bicyclic) bond motifs is 1. The van der Waals surface area contributed by atoms with Gasteiger partial charge in [0.05, 0.1) is 12.6 Å². The molecule has 0 unspecified atom stereocenters. The first-order valence-corrected chi connectivity index (χ1v) is 9.71. The van der Waals surface area contributed by atoms with Crippen molar-refractivity contribution in [3.63, 3.8) is 0 Å². The molecule has 0 N–H and O–H groups in total. The Bertz CT molecular complexity index is 1030. The van der Waals surface area contributed by atoms with Gasteiger partial charge >= 0.3 is 12.0 Å². The fraction of sp³-hybridized carbons (Fsp3) is 0.286. The zero-order chi connectivity index (χ0) is 20.4. The van der Waals surface area contributed by atoms with Crippen molar-refractivity contribution in [2.75, 3.05) is 43.1 Å². The number of esters is 1. The van der Waals surface area contributed by atoms with E-state index in [4.69, 9.17) is 21.1 Å². The number of rotatable bonds is 4. The lowest BCUT2D eigenvalue weighted by molar-refractivity contribution is -0.131. The van der Waals surface area contributed by atoms with E-state index in [0.717, 1.165) is 48.1 Å². The standard InChI is InChI=1S/C21H21ClN4O3/c1-14(27)29-17-7-8-18-19(13-17)23-21(28-2)24-20(18)26-11-9-25(10-12-26)16-5-3-15(22)4-6-16/h3-8,13H,9-12H2,1-2H3. The van der Waals surface area contributed by atoms with Crippen molar-refractivity contribution in [1.29, 1.82) is 0 Å². The summed E-state index contributed by atoms with van der Waals surface area (Å²) in [6.07, 6.45) is 0. The quantitative estimate of drug-likeness (QED) is 0.479. The van der Waals surface area contributed by atoms with Gasteiger partial charge in [-0.25, -0.2) is 0 Å². The second-order valence-electron chi connectivity index (χ2n) is 6.76. The smallest absolute Gasteiger partial charge is 0.318 e. The van der Waals surface area contributed by atoms with Crippen LogP contribution in [0.3, 0.4) is 0 Å². The van der Waals surface area contributed by atoms with Gasteiger partial charge in [0.25, 0.3) is 0 Å². The van der Waals surface area contributed by atoms with Crippen molar-refractivity contribution >= 4 is 40.0 Å². The number of hydrogen-bond acceptors (Lipinski definition) is 7. The van der Waals surface area contributed by atoms with Gasteiger partial charge in [0.2, 0.25) is 0 Å². The van der Waals surface area contributed by atoms with E-state index in [1.807, 2.05) is 30.3 Å². The average molecular weight is 413 g/mol. The summed E-state index contributed by atoms with van der Waals surface area (Å²) in [4.78, 5) is 24.8. The van der Waals surface area contributed by atoms with E-state index < -0.39 is 0 Å². The van der Waals surface area contributed by atoms with Crippen LogP contribution < -0.4 is 19.3 Å². The molecule has 150 valence electrons. The van der Waals surface area contributed by atoms with Gasteiger partial charge in [-0.3, -0.25) is 4.79 Å². The number of piperazine rings is 1. The molecule has 8 heteroatoms. The number of hydrogen-bond donors (Lipinski definition) is 0. The molecule has 2 heterocycles. The molecule has 1 aliphatic heterocycles. The third kappa shape index (κ3) is 4.19. The first-order valence-electron chi connectivity index (χ1n) is 9.33. The topological polar surface area (TPSA) is 67.8 Å². The minimum Gasteiger partial charge on any atom is -0.467 e. The molecule has 3 aromatic rings. The molecule has 0 amide bonds. The largest absolute Gasteiger partial charge is 0.467 e. The van der Waals surface area contributed by atoms with Gasteiger partial charge in [-0.2, -0.15) is 9.97 Å². The average Bonchev–Trinajstić information content (AvgIpc) is 2.73. The minimum absolute atomic E-state index is 0.285. The van der Waals surface area contributed by atoms with Crippen molar-refractivity contribution in [3.8, 4) is 11.8 Å². The number of carbonyl (C=O) groups excluding carboxylic acids is 1. The predicted octanol–water partition coefficient (Wildman–Crippen LogP) is 3.54. The summed E-state index contributed by atoms with van der Waals surface area (Å²) >= 11 is 6.00. The molecule has 1 saturated heterocycles. The molecule has 29 heavy (non-hydrogen) atoms. The van der Waals surface area contributed by atoms with Crippen molar-refractivity contribution in [2.45, 2.75) is 6.92 Å². The second-order valence-corrected chi connectivity index (χ2v) is 7.19. The van der Waals surface area contributed by atoms with Crippen LogP contribution in [0, 0.1) is 0 Å². The monoisotopic (exact) mass is 412 g/mol. The number of methoxy groups -OCH3 is 1. The Morgan fingerprint density at radius 2 is 1.69 bits per heavy atom. The number of benzene rings is 2. The van der Waals surface area contributed by atoms with Crippen LogP contribution in [0.2, 0.25) is 5.02 Å². The van der Waals surface area contributed by atoms with Crippen LogP contribution in [0.25, 0.3) is 10.9 Å². The summed E-state index contributed by atoms with van der Waals surface area (Å²) < 4.78 is 10.5. The third-order valence-corrected chi connectivity index (χ3v) is 5.09. The van der Waals surface area contributed by atoms with Gasteiger partial charge in [0.1, 0.15) is 11.6 Å². The lowest BCUT2D eigenvalue weighted by atomic mass is 10.2. The first-order chi connectivity index (χ1) is 14.0. The summed E-state index contributed by atoms with van der Waals surface area (Å²) in [6, 6.07) is 13.6. The molecule has 2 aromatic carbocycles. The molecule has 0 saturated carbocycles. The van der Waals surface area contributed by atoms with Crippen molar-refractivity contribution in [1.82, 2.24) is 9.97 Å². The van der Waals surface area contributed by atoms with Crippen LogP contribution in [0.1, 0.15) is 6.92 Å². The van der Waals surface area contributed by atoms with Crippen molar-refractivity contribution in [2.24, 2.45) is 0 Å². The van der Waals surface area contributed by atoms with E-state index in [9.17, 15) is 4.79 Å². The fourth-order valence-corrected chi connectivity index (χ4v) is 3.59. The van der Waals surface area contributed by atoms with Gasteiger partial charge < -0.3 is 19.3 Å². The number of aromatic nitrogens is 2. The molecule has 0 bridgehead atoms. The molecule has 4 rings (SSSR count). The van der Waals surface area contributed by atoms with Crippen LogP contribution >= 0.6 is 11.6 Å². The number of anilines is 2. The number of nitrogens with zero attached hydrogens (tertiary/aromatic N) is 4. The second kappa shape index (κ2) is 8.13. The predicted molar refractivity (Wildman–Crippen MR) is 113 cm³/mol. The van der Waals surface area contributed by atoms with E-state index in [2.05, 4.69) is 19.8 Å². The Balaban J connectivity index is 1.60. The molecule has 7 nitrogen and oxygen atoms in total. The van der Waals surface area contributed by atoms with Crippen LogP contribution in [0.5, 0.6) is 11.8 Å². The molecule has 0 atom stereocenters. The van der Waals surface area contributed by atoms with Gasteiger partial charge in [-0.05, 0) is 36.4 Å². The van der Waals surface area contributed by atoms with Crippen LogP contribution in [0.15, 0.2) is 42.5 Å². The molecule has 1 aliphatic rings. The Kier molecular flexibility index (Phi) is 5.40. The zero-order valence-corrected chi connectivity index (χ0v) is 17.0. The summed E-state index contributed by atoms with van der Waals surface area (Å²) in [5.74, 6) is 0.894.